The van der Waals surface area contributed by atoms with E-state index < -0.39 is 152 Å². The number of aliphatic hydroxyl groups is 8. The maximum absolute atomic E-state index is 14.1. The summed E-state index contributed by atoms with van der Waals surface area (Å²) in [5.41, 5.74) is 0.977. The second kappa shape index (κ2) is 29.8. The highest BCUT2D eigenvalue weighted by Gasteiger charge is 2.57. The Morgan fingerprint density at radius 2 is 1.42 bits per heavy atom. The Kier molecular flexibility index (Phi) is 25.3. The molecule has 0 spiro atoms. The summed E-state index contributed by atoms with van der Waals surface area (Å²) in [7, 11) is 5.80. The van der Waals surface area contributed by atoms with Gasteiger partial charge in [0.1, 0.15) is 42.7 Å². The lowest BCUT2D eigenvalue weighted by molar-refractivity contribution is -0.366. The maximum atomic E-state index is 14.1. The van der Waals surface area contributed by atoms with E-state index in [0.717, 1.165) is 11.1 Å². The third-order valence-electron chi connectivity index (χ3n) is 16.4. The van der Waals surface area contributed by atoms with Gasteiger partial charge >= 0.3 is 5.97 Å². The van der Waals surface area contributed by atoms with E-state index in [1.54, 1.807) is 54.5 Å². The van der Waals surface area contributed by atoms with Crippen molar-refractivity contribution in [1.82, 2.24) is 0 Å². The molecule has 8 N–H and O–H groups in total. The number of hydrogen-bond donors (Lipinski definition) is 8. The molecular weight excluding hydrogens is 1030 g/mol. The van der Waals surface area contributed by atoms with Gasteiger partial charge < -0.3 is 97.7 Å². The summed E-state index contributed by atoms with van der Waals surface area (Å²) in [4.78, 5) is 14.1. The lowest BCUT2D eigenvalue weighted by Crippen LogP contribution is -2.66. The summed E-state index contributed by atoms with van der Waals surface area (Å²) >= 11 is 0. The molecule has 5 heterocycles. The first-order chi connectivity index (χ1) is 37.1. The van der Waals surface area contributed by atoms with E-state index in [2.05, 4.69) is 0 Å². The van der Waals surface area contributed by atoms with Gasteiger partial charge in [-0.15, -0.1) is 0 Å². The number of allylic oxidation sites excluding steroid dienone is 7. The molecule has 0 radical (unpaired) electrons. The topological polar surface area (TPSA) is 290 Å². The smallest absolute Gasteiger partial charge is 0.334 e. The molecule has 0 aromatic heterocycles. The van der Waals surface area contributed by atoms with Crippen LogP contribution in [0.1, 0.15) is 115 Å². The number of cyclic esters (lactones) is 1. The molecule has 0 saturated carbocycles. The fraction of sp³-hybridized carbons (Fsp3) is 0.810. The number of carbonyl (C=O) groups excluding carboxylic acids is 1. The first kappa shape index (κ1) is 67.2. The van der Waals surface area contributed by atoms with Crippen LogP contribution in [-0.2, 0) is 61.6 Å². The Balaban J connectivity index is 1.37. The van der Waals surface area contributed by atoms with Crippen molar-refractivity contribution in [3.05, 3.63) is 58.7 Å². The molecule has 0 aliphatic carbocycles. The molecule has 0 aromatic carbocycles. The van der Waals surface area contributed by atoms with Crippen molar-refractivity contribution in [3.63, 3.8) is 0 Å². The molecule has 5 aliphatic heterocycles. The first-order valence-electron chi connectivity index (χ1n) is 27.9. The van der Waals surface area contributed by atoms with Crippen molar-refractivity contribution < 1.29 is 102 Å². The Bertz CT molecular complexity index is 2080. The van der Waals surface area contributed by atoms with Crippen LogP contribution in [0.15, 0.2) is 58.7 Å². The van der Waals surface area contributed by atoms with Crippen LogP contribution in [0.3, 0.4) is 0 Å². The molecule has 0 aromatic rings. The lowest BCUT2D eigenvalue weighted by atomic mass is 9.76. The average molecular weight is 1130 g/mol. The number of carbonyl (C=O) groups is 1. The Morgan fingerprint density at radius 1 is 0.747 bits per heavy atom. The van der Waals surface area contributed by atoms with Gasteiger partial charge in [0, 0.05) is 77.4 Å². The molecule has 1 unspecified atom stereocenters. The minimum atomic E-state index is -2.54. The minimum Gasteiger partial charge on any atom is -0.456 e. The number of aliphatic hydroxyl groups excluding tert-OH is 6. The molecule has 79 heavy (non-hydrogen) atoms. The minimum absolute atomic E-state index is 0.00743. The van der Waals surface area contributed by atoms with E-state index in [0.29, 0.717) is 12.0 Å². The summed E-state index contributed by atoms with van der Waals surface area (Å²) < 4.78 is 72.0. The van der Waals surface area contributed by atoms with Gasteiger partial charge in [-0.3, -0.25) is 0 Å². The SMILES string of the molecule is COC[C@@H](C[C@H]1O[C@@](O)([C@H](O)[C@@H]2C[C@H](OC)[C@@H](O)CC/C=C(C)/C=C/[C@@H](O[C@@H]3O[C@@H](C)[C@H](OC)[C@@H](O)[C@@H]3O)[C@H](C)/C=C(C)/C=C(C)/C=C(\C)C(=O)O2)[C@H](C)[C@@H](O)[C@H]1C)O[C@H]1C[C@](C)(O)C(O[C@H]2C[C@@H](OC)[C@H](O)[C@@H](C)O2)[C@H](C)O1. The Hall–Kier alpha value is -2.59. The molecule has 21 heteroatoms. The monoisotopic (exact) mass is 1130 g/mol. The molecule has 25 atom stereocenters. The zero-order valence-corrected chi connectivity index (χ0v) is 49.1. The normalized spacial score (nSPS) is 46.7. The van der Waals surface area contributed by atoms with Gasteiger partial charge in [0.25, 0.3) is 0 Å². The molecular formula is C58H96O21. The van der Waals surface area contributed by atoms with Crippen LogP contribution in [-0.4, -0.2) is 216 Å². The van der Waals surface area contributed by atoms with Gasteiger partial charge in [-0.1, -0.05) is 67.9 Å². The van der Waals surface area contributed by atoms with Crippen LogP contribution in [0.4, 0.5) is 0 Å². The van der Waals surface area contributed by atoms with E-state index >= 15 is 0 Å². The molecule has 0 bridgehead atoms. The number of methoxy groups -OCH3 is 4. The van der Waals surface area contributed by atoms with Crippen LogP contribution < -0.4 is 0 Å². The number of rotatable bonds is 15. The van der Waals surface area contributed by atoms with Crippen LogP contribution in [0.2, 0.25) is 0 Å². The standard InChI is InChI=1S/C58H96O21/c1-29-17-16-18-40(59)43(69-13)25-45(76-55(65)33(5)23-31(3)21-30(2)22-32(4)41(20-19-29)77-56-51(63)50(62)52(71-15)37(9)74-56)53(64)58(67)35(7)48(60)34(6)42(79-58)24-39(28-68-12)75-47-27-57(11,66)54(38(10)73-47)78-46-26-44(70-14)49(61)36(8)72-46/h17,19-23,32,34-54,56,59-64,66-67H,16,18,24-28H2,1-15H3/b20-19+,29-17+,30-22+,31-21+,33-23+/t32-,34+,35-,36-,37+,38+,39-,40+,41-,42-,43+,44-,45+,46+,47+,48+,49-,50+,51+,52+,53-,54?,56+,57+,58-/m1/s1. The van der Waals surface area contributed by atoms with Crippen molar-refractivity contribution in [3.8, 4) is 0 Å². The zero-order chi connectivity index (χ0) is 58.8. The van der Waals surface area contributed by atoms with E-state index in [-0.39, 0.29) is 50.2 Å². The third kappa shape index (κ3) is 17.3. The summed E-state index contributed by atoms with van der Waals surface area (Å²) in [5.74, 6) is -5.45. The fourth-order valence-electron chi connectivity index (χ4n) is 11.6. The number of esters is 1. The van der Waals surface area contributed by atoms with Crippen molar-refractivity contribution in [1.29, 1.82) is 0 Å². The summed E-state index contributed by atoms with van der Waals surface area (Å²) in [6, 6.07) is 0. The second-order valence-electron chi connectivity index (χ2n) is 23.0. The van der Waals surface area contributed by atoms with Gasteiger partial charge in [-0.2, -0.15) is 0 Å². The molecule has 0 amide bonds. The highest BCUT2D eigenvalue weighted by atomic mass is 16.7. The quantitative estimate of drug-likeness (QED) is 0.109. The zero-order valence-electron chi connectivity index (χ0n) is 49.1. The van der Waals surface area contributed by atoms with Gasteiger partial charge in [0.15, 0.2) is 18.9 Å². The highest BCUT2D eigenvalue weighted by molar-refractivity contribution is 5.88. The van der Waals surface area contributed by atoms with E-state index in [1.165, 1.54) is 35.4 Å². The van der Waals surface area contributed by atoms with Gasteiger partial charge in [0.2, 0.25) is 5.79 Å². The van der Waals surface area contributed by atoms with Gasteiger partial charge in [0.05, 0.1) is 73.2 Å². The Morgan fingerprint density at radius 3 is 2.05 bits per heavy atom. The fourth-order valence-corrected chi connectivity index (χ4v) is 11.6. The Labute approximate surface area is 467 Å². The second-order valence-corrected chi connectivity index (χ2v) is 23.0. The van der Waals surface area contributed by atoms with Gasteiger partial charge in [-0.05, 0) is 74.3 Å². The van der Waals surface area contributed by atoms with Crippen molar-refractivity contribution in [2.24, 2.45) is 17.8 Å². The van der Waals surface area contributed by atoms with E-state index in [9.17, 15) is 45.6 Å². The molecule has 4 fully saturated rings. The van der Waals surface area contributed by atoms with Crippen LogP contribution >= 0.6 is 0 Å². The maximum Gasteiger partial charge on any atom is 0.334 e. The lowest BCUT2D eigenvalue weighted by Gasteiger charge is -2.51. The molecule has 4 saturated heterocycles. The predicted molar refractivity (Wildman–Crippen MR) is 288 cm³/mol. The summed E-state index contributed by atoms with van der Waals surface area (Å²) in [5, 5.41) is 92.6. The van der Waals surface area contributed by atoms with Crippen molar-refractivity contribution in [2.45, 2.75) is 249 Å². The van der Waals surface area contributed by atoms with Crippen LogP contribution in [0, 0.1) is 17.8 Å². The van der Waals surface area contributed by atoms with Gasteiger partial charge in [-0.25, -0.2) is 4.79 Å². The largest absolute Gasteiger partial charge is 0.456 e. The highest BCUT2D eigenvalue weighted by Crippen LogP contribution is 2.43. The first-order valence-corrected chi connectivity index (χ1v) is 27.9. The predicted octanol–water partition coefficient (Wildman–Crippen LogP) is 3.59. The summed E-state index contributed by atoms with van der Waals surface area (Å²) in [6.45, 7) is 19.1. The third-order valence-corrected chi connectivity index (χ3v) is 16.4. The van der Waals surface area contributed by atoms with Crippen LogP contribution in [0.5, 0.6) is 0 Å². The molecule has 5 aliphatic rings. The molecule has 5 rings (SSSR count). The number of hydrogen-bond acceptors (Lipinski definition) is 21. The molecule has 21 nitrogen and oxygen atoms in total. The summed E-state index contributed by atoms with van der Waals surface area (Å²) in [6.07, 6.45) is -8.27. The van der Waals surface area contributed by atoms with Crippen molar-refractivity contribution in [2.75, 3.05) is 35.0 Å². The van der Waals surface area contributed by atoms with E-state index in [1.807, 2.05) is 51.2 Å². The average Bonchev–Trinajstić information content (AvgIpc) is 3.46. The number of ether oxygens (including phenoxy) is 12. The molecule has 454 valence electrons. The van der Waals surface area contributed by atoms with Crippen LogP contribution in [0.25, 0.3) is 0 Å². The van der Waals surface area contributed by atoms with Crippen molar-refractivity contribution >= 4 is 5.97 Å². The van der Waals surface area contributed by atoms with E-state index in [4.69, 9.17) is 56.8 Å².